The minimum absolute atomic E-state index is 0.0268. The maximum atomic E-state index is 12.2. The Hall–Kier alpha value is -2.11. The summed E-state index contributed by atoms with van der Waals surface area (Å²) in [6.45, 7) is 7.39. The molecule has 0 unspecified atom stereocenters. The van der Waals surface area contributed by atoms with E-state index in [4.69, 9.17) is 10.9 Å². The van der Waals surface area contributed by atoms with Crippen LogP contribution in [0.3, 0.4) is 0 Å². The third-order valence-corrected chi connectivity index (χ3v) is 2.64. The molecule has 0 radical (unpaired) electrons. The summed E-state index contributed by atoms with van der Waals surface area (Å²) in [4.78, 5) is 18.0. The fourth-order valence-electron chi connectivity index (χ4n) is 1.69. The monoisotopic (exact) mass is 264 g/mol. The number of nitrogens with zero attached hydrogens (tertiary/aromatic N) is 3. The van der Waals surface area contributed by atoms with E-state index in [2.05, 4.69) is 24.0 Å². The van der Waals surface area contributed by atoms with Crippen molar-refractivity contribution in [2.45, 2.75) is 20.8 Å². The number of carbonyl (C=O) groups is 1. The summed E-state index contributed by atoms with van der Waals surface area (Å²) in [5, 5.41) is 11.4. The van der Waals surface area contributed by atoms with Gasteiger partial charge in [-0.25, -0.2) is 0 Å². The highest BCUT2D eigenvalue weighted by Crippen LogP contribution is 2.07. The first-order valence-corrected chi connectivity index (χ1v) is 6.22. The Morgan fingerprint density at radius 2 is 2.21 bits per heavy atom. The molecular formula is C13H20N4O2. The number of amidine groups is 1. The molecule has 0 atom stereocenters. The molecule has 1 rings (SSSR count). The Labute approximate surface area is 112 Å². The highest BCUT2D eigenvalue weighted by atomic mass is 16.4. The predicted octanol–water partition coefficient (Wildman–Crippen LogP) is 1.29. The van der Waals surface area contributed by atoms with Gasteiger partial charge >= 0.3 is 0 Å². The number of aromatic nitrogens is 1. The molecule has 0 saturated heterocycles. The molecule has 0 spiro atoms. The zero-order chi connectivity index (χ0) is 14.4. The van der Waals surface area contributed by atoms with Gasteiger partial charge in [0.2, 0.25) is 0 Å². The van der Waals surface area contributed by atoms with Crippen molar-refractivity contribution in [3.8, 4) is 0 Å². The van der Waals surface area contributed by atoms with Crippen LogP contribution in [0.5, 0.6) is 0 Å². The van der Waals surface area contributed by atoms with Crippen LogP contribution in [0, 0.1) is 5.92 Å². The van der Waals surface area contributed by atoms with Crippen LogP contribution in [0.15, 0.2) is 23.5 Å². The quantitative estimate of drug-likeness (QED) is 0.363. The summed E-state index contributed by atoms with van der Waals surface area (Å²) in [6.07, 6.45) is 1.42. The minimum atomic E-state index is -0.109. The average molecular weight is 264 g/mol. The standard InChI is InChI=1S/C13H20N4O2/c1-4-17(8-9(2)3)13(18)11-6-5-10(7-15-11)12(14)16-19/h5-7,9,19H,4,8H2,1-3H3,(H2,14,16). The third-order valence-electron chi connectivity index (χ3n) is 2.64. The summed E-state index contributed by atoms with van der Waals surface area (Å²) in [6, 6.07) is 3.19. The first-order valence-electron chi connectivity index (χ1n) is 6.22. The molecule has 1 aromatic heterocycles. The molecule has 19 heavy (non-hydrogen) atoms. The van der Waals surface area contributed by atoms with Crippen molar-refractivity contribution in [2.75, 3.05) is 13.1 Å². The maximum Gasteiger partial charge on any atom is 0.272 e. The number of amides is 1. The normalized spacial score (nSPS) is 11.7. The van der Waals surface area contributed by atoms with Gasteiger partial charge in [0, 0.05) is 24.8 Å². The van der Waals surface area contributed by atoms with Gasteiger partial charge in [0.1, 0.15) is 5.69 Å². The highest BCUT2D eigenvalue weighted by Gasteiger charge is 2.16. The van der Waals surface area contributed by atoms with Gasteiger partial charge in [0.25, 0.3) is 5.91 Å². The van der Waals surface area contributed by atoms with Crippen LogP contribution in [-0.4, -0.2) is 39.9 Å². The second kappa shape index (κ2) is 6.72. The fraction of sp³-hybridized carbons (Fsp3) is 0.462. The second-order valence-electron chi connectivity index (χ2n) is 4.65. The number of rotatable bonds is 5. The van der Waals surface area contributed by atoms with Crippen molar-refractivity contribution in [1.82, 2.24) is 9.88 Å². The molecule has 1 amide bonds. The molecule has 0 saturated carbocycles. The van der Waals surface area contributed by atoms with E-state index in [9.17, 15) is 4.79 Å². The molecule has 3 N–H and O–H groups in total. The van der Waals surface area contributed by atoms with Crippen molar-refractivity contribution < 1.29 is 10.0 Å². The Morgan fingerprint density at radius 1 is 1.53 bits per heavy atom. The van der Waals surface area contributed by atoms with Crippen LogP contribution in [0.4, 0.5) is 0 Å². The van der Waals surface area contributed by atoms with Crippen LogP contribution < -0.4 is 5.73 Å². The van der Waals surface area contributed by atoms with Crippen LogP contribution in [0.2, 0.25) is 0 Å². The molecular weight excluding hydrogens is 244 g/mol. The lowest BCUT2D eigenvalue weighted by molar-refractivity contribution is 0.0740. The van der Waals surface area contributed by atoms with E-state index in [-0.39, 0.29) is 11.7 Å². The van der Waals surface area contributed by atoms with Crippen LogP contribution in [0.1, 0.15) is 36.8 Å². The molecule has 0 fully saturated rings. The lowest BCUT2D eigenvalue weighted by Gasteiger charge is -2.22. The van der Waals surface area contributed by atoms with E-state index in [0.717, 1.165) is 0 Å². The number of carbonyl (C=O) groups excluding carboxylic acids is 1. The first-order chi connectivity index (χ1) is 8.99. The molecule has 104 valence electrons. The molecule has 0 bridgehead atoms. The van der Waals surface area contributed by atoms with E-state index >= 15 is 0 Å². The topological polar surface area (TPSA) is 91.8 Å². The number of oxime groups is 1. The predicted molar refractivity (Wildman–Crippen MR) is 73.2 cm³/mol. The molecule has 6 heteroatoms. The molecule has 1 aromatic rings. The number of pyridine rings is 1. The van der Waals surface area contributed by atoms with Crippen LogP contribution >= 0.6 is 0 Å². The van der Waals surface area contributed by atoms with E-state index in [1.165, 1.54) is 6.20 Å². The summed E-state index contributed by atoms with van der Waals surface area (Å²) in [5.74, 6) is 0.267. The Bertz CT molecular complexity index is 454. The van der Waals surface area contributed by atoms with E-state index in [1.807, 2.05) is 6.92 Å². The molecule has 1 heterocycles. The van der Waals surface area contributed by atoms with Gasteiger partial charge in [0.15, 0.2) is 5.84 Å². The second-order valence-corrected chi connectivity index (χ2v) is 4.65. The van der Waals surface area contributed by atoms with Crippen LogP contribution in [0.25, 0.3) is 0 Å². The van der Waals surface area contributed by atoms with E-state index in [1.54, 1.807) is 17.0 Å². The van der Waals surface area contributed by atoms with Gasteiger partial charge in [-0.3, -0.25) is 9.78 Å². The zero-order valence-electron chi connectivity index (χ0n) is 11.5. The van der Waals surface area contributed by atoms with Gasteiger partial charge in [0.05, 0.1) is 0 Å². The van der Waals surface area contributed by atoms with E-state index in [0.29, 0.717) is 30.3 Å². The van der Waals surface area contributed by atoms with Crippen molar-refractivity contribution in [3.05, 3.63) is 29.6 Å². The fourth-order valence-corrected chi connectivity index (χ4v) is 1.69. The summed E-state index contributed by atoms with van der Waals surface area (Å²) in [7, 11) is 0. The molecule has 0 aromatic carbocycles. The smallest absolute Gasteiger partial charge is 0.272 e. The lowest BCUT2D eigenvalue weighted by Crippen LogP contribution is -2.34. The molecule has 6 nitrogen and oxygen atoms in total. The summed E-state index contributed by atoms with van der Waals surface area (Å²) < 4.78 is 0. The van der Waals surface area contributed by atoms with Gasteiger partial charge < -0.3 is 15.8 Å². The number of nitrogens with two attached hydrogens (primary N) is 1. The maximum absolute atomic E-state index is 12.2. The molecule has 0 aliphatic heterocycles. The van der Waals surface area contributed by atoms with Crippen molar-refractivity contribution in [1.29, 1.82) is 0 Å². The lowest BCUT2D eigenvalue weighted by atomic mass is 10.2. The first kappa shape index (κ1) is 14.9. The van der Waals surface area contributed by atoms with Crippen molar-refractivity contribution in [3.63, 3.8) is 0 Å². The Balaban J connectivity index is 2.88. The third kappa shape index (κ3) is 3.94. The molecule has 0 aliphatic carbocycles. The van der Waals surface area contributed by atoms with Gasteiger partial charge in [-0.2, -0.15) is 0 Å². The van der Waals surface area contributed by atoms with Crippen molar-refractivity contribution >= 4 is 11.7 Å². The average Bonchev–Trinajstić information content (AvgIpc) is 2.43. The van der Waals surface area contributed by atoms with Gasteiger partial charge in [-0.15, -0.1) is 0 Å². The Morgan fingerprint density at radius 3 is 2.63 bits per heavy atom. The molecule has 0 aliphatic rings. The summed E-state index contributed by atoms with van der Waals surface area (Å²) >= 11 is 0. The van der Waals surface area contributed by atoms with Gasteiger partial charge in [-0.05, 0) is 25.0 Å². The zero-order valence-corrected chi connectivity index (χ0v) is 11.5. The highest BCUT2D eigenvalue weighted by molar-refractivity contribution is 5.98. The van der Waals surface area contributed by atoms with Crippen LogP contribution in [-0.2, 0) is 0 Å². The number of hydrogen-bond acceptors (Lipinski definition) is 4. The van der Waals surface area contributed by atoms with Crippen molar-refractivity contribution in [2.24, 2.45) is 16.8 Å². The Kier molecular flexibility index (Phi) is 5.29. The number of hydrogen-bond donors (Lipinski definition) is 2. The minimum Gasteiger partial charge on any atom is -0.409 e. The largest absolute Gasteiger partial charge is 0.409 e. The SMILES string of the molecule is CCN(CC(C)C)C(=O)c1ccc(C(N)=NO)cn1. The van der Waals surface area contributed by atoms with E-state index < -0.39 is 0 Å². The summed E-state index contributed by atoms with van der Waals surface area (Å²) in [5.41, 5.74) is 6.27. The van der Waals surface area contributed by atoms with Gasteiger partial charge in [-0.1, -0.05) is 19.0 Å².